The largest absolute Gasteiger partial charge is 0.298 e. The molecule has 0 spiro atoms. The smallest absolute Gasteiger partial charge is 0.150 e. The third-order valence-electron chi connectivity index (χ3n) is 4.16. The van der Waals surface area contributed by atoms with Gasteiger partial charge in [-0.3, -0.25) is 4.79 Å². The Kier molecular flexibility index (Phi) is 2.97. The number of hydrogen-bond donors (Lipinski definition) is 0. The van der Waals surface area contributed by atoms with Crippen molar-refractivity contribution in [1.82, 2.24) is 0 Å². The first kappa shape index (κ1) is 12.8. The molecule has 0 aromatic heterocycles. The van der Waals surface area contributed by atoms with Crippen LogP contribution in [0.25, 0.3) is 32.7 Å². The monoisotopic (exact) mass is 282 g/mol. The average Bonchev–Trinajstić information content (AvgIpc) is 2.60. The van der Waals surface area contributed by atoms with Crippen LogP contribution in [-0.4, -0.2) is 6.29 Å². The normalized spacial score (nSPS) is 10.9. The zero-order valence-corrected chi connectivity index (χ0v) is 12.0. The van der Waals surface area contributed by atoms with Crippen LogP contribution in [0.4, 0.5) is 0 Å². The van der Waals surface area contributed by atoms with E-state index in [4.69, 9.17) is 0 Å². The van der Waals surface area contributed by atoms with Crippen LogP contribution < -0.4 is 0 Å². The van der Waals surface area contributed by atoms with Crippen LogP contribution in [0, 0.1) is 0 Å². The standard InChI is InChI=1S/C21H14O/c22-14-16-12-13-21(19-10-4-3-9-18(16)19)20-11-5-7-15-6-1-2-8-17(15)20/h1-14H. The highest BCUT2D eigenvalue weighted by Gasteiger charge is 2.09. The number of benzene rings is 4. The van der Waals surface area contributed by atoms with E-state index in [1.54, 1.807) is 0 Å². The Morgan fingerprint density at radius 3 is 2.00 bits per heavy atom. The molecule has 4 rings (SSSR count). The van der Waals surface area contributed by atoms with E-state index < -0.39 is 0 Å². The van der Waals surface area contributed by atoms with Gasteiger partial charge in [-0.25, -0.2) is 0 Å². The zero-order chi connectivity index (χ0) is 14.9. The van der Waals surface area contributed by atoms with Crippen molar-refractivity contribution in [2.45, 2.75) is 0 Å². The number of carbonyl (C=O) groups is 1. The first-order valence-electron chi connectivity index (χ1n) is 7.33. The van der Waals surface area contributed by atoms with Crippen molar-refractivity contribution in [2.75, 3.05) is 0 Å². The molecular weight excluding hydrogens is 268 g/mol. The van der Waals surface area contributed by atoms with E-state index in [2.05, 4.69) is 48.5 Å². The summed E-state index contributed by atoms with van der Waals surface area (Å²) in [4.78, 5) is 11.3. The van der Waals surface area contributed by atoms with Gasteiger partial charge in [-0.2, -0.15) is 0 Å². The van der Waals surface area contributed by atoms with Crippen LogP contribution in [-0.2, 0) is 0 Å². The van der Waals surface area contributed by atoms with Gasteiger partial charge in [0.2, 0.25) is 0 Å². The maximum absolute atomic E-state index is 11.3. The van der Waals surface area contributed by atoms with Gasteiger partial charge in [0.25, 0.3) is 0 Å². The molecule has 0 saturated carbocycles. The number of aldehydes is 1. The second-order valence-electron chi connectivity index (χ2n) is 5.39. The average molecular weight is 282 g/mol. The van der Waals surface area contributed by atoms with Gasteiger partial charge >= 0.3 is 0 Å². The Hall–Kier alpha value is -2.93. The van der Waals surface area contributed by atoms with Crippen LogP contribution in [0.5, 0.6) is 0 Å². The maximum atomic E-state index is 11.3. The Balaban J connectivity index is 2.12. The molecule has 0 atom stereocenters. The fourth-order valence-electron chi connectivity index (χ4n) is 3.12. The summed E-state index contributed by atoms with van der Waals surface area (Å²) in [6.45, 7) is 0. The fourth-order valence-corrected chi connectivity index (χ4v) is 3.12. The van der Waals surface area contributed by atoms with Gasteiger partial charge in [-0.05, 0) is 32.7 Å². The predicted octanol–water partition coefficient (Wildman–Crippen LogP) is 5.47. The minimum absolute atomic E-state index is 0.736. The Morgan fingerprint density at radius 1 is 0.545 bits per heavy atom. The molecule has 1 heteroatoms. The predicted molar refractivity (Wildman–Crippen MR) is 92.3 cm³/mol. The minimum atomic E-state index is 0.736. The quantitative estimate of drug-likeness (QED) is 0.445. The number of rotatable bonds is 2. The summed E-state index contributed by atoms with van der Waals surface area (Å²) >= 11 is 0. The van der Waals surface area contributed by atoms with Crippen LogP contribution in [0.15, 0.2) is 78.9 Å². The zero-order valence-electron chi connectivity index (χ0n) is 12.0. The van der Waals surface area contributed by atoms with Crippen LogP contribution in [0.2, 0.25) is 0 Å². The van der Waals surface area contributed by atoms with Crippen LogP contribution >= 0.6 is 0 Å². The van der Waals surface area contributed by atoms with E-state index in [0.717, 1.165) is 28.2 Å². The summed E-state index contributed by atoms with van der Waals surface area (Å²) < 4.78 is 0. The Labute approximate surface area is 128 Å². The third kappa shape index (κ3) is 1.91. The van der Waals surface area contributed by atoms with Gasteiger partial charge in [0.1, 0.15) is 0 Å². The Morgan fingerprint density at radius 2 is 1.18 bits per heavy atom. The lowest BCUT2D eigenvalue weighted by atomic mass is 9.92. The fraction of sp³-hybridized carbons (Fsp3) is 0. The minimum Gasteiger partial charge on any atom is -0.298 e. The molecule has 0 bridgehead atoms. The van der Waals surface area contributed by atoms with E-state index in [9.17, 15) is 4.79 Å². The van der Waals surface area contributed by atoms with Crippen molar-refractivity contribution in [1.29, 1.82) is 0 Å². The van der Waals surface area contributed by atoms with Crippen molar-refractivity contribution < 1.29 is 4.79 Å². The summed E-state index contributed by atoms with van der Waals surface area (Å²) in [7, 11) is 0. The third-order valence-corrected chi connectivity index (χ3v) is 4.16. The molecule has 0 radical (unpaired) electrons. The van der Waals surface area contributed by atoms with Gasteiger partial charge in [-0.15, -0.1) is 0 Å². The highest BCUT2D eigenvalue weighted by molar-refractivity contribution is 6.09. The van der Waals surface area contributed by atoms with E-state index >= 15 is 0 Å². The molecule has 0 aliphatic carbocycles. The van der Waals surface area contributed by atoms with E-state index in [1.807, 2.05) is 30.3 Å². The molecule has 0 N–H and O–H groups in total. The molecule has 0 fully saturated rings. The molecule has 0 amide bonds. The maximum Gasteiger partial charge on any atom is 0.150 e. The molecule has 1 nitrogen and oxygen atoms in total. The molecule has 0 aliphatic heterocycles. The molecular formula is C21H14O. The highest BCUT2D eigenvalue weighted by Crippen LogP contribution is 2.34. The summed E-state index contributed by atoms with van der Waals surface area (Å²) in [5.74, 6) is 0. The SMILES string of the molecule is O=Cc1ccc(-c2cccc3ccccc23)c2ccccc12. The number of hydrogen-bond acceptors (Lipinski definition) is 1. The molecule has 4 aromatic carbocycles. The number of carbonyl (C=O) groups excluding carboxylic acids is 1. The second kappa shape index (κ2) is 5.12. The summed E-state index contributed by atoms with van der Waals surface area (Å²) in [6.07, 6.45) is 0.926. The molecule has 0 unspecified atom stereocenters. The molecule has 0 saturated heterocycles. The van der Waals surface area contributed by atoms with Crippen LogP contribution in [0.3, 0.4) is 0 Å². The lowest BCUT2D eigenvalue weighted by molar-refractivity contribution is 0.112. The Bertz CT molecular complexity index is 993. The lowest BCUT2D eigenvalue weighted by Gasteiger charge is -2.11. The van der Waals surface area contributed by atoms with Crippen LogP contribution in [0.1, 0.15) is 10.4 Å². The topological polar surface area (TPSA) is 17.1 Å². The molecule has 22 heavy (non-hydrogen) atoms. The molecule has 0 aliphatic rings. The van der Waals surface area contributed by atoms with Gasteiger partial charge in [0.15, 0.2) is 6.29 Å². The summed E-state index contributed by atoms with van der Waals surface area (Å²) in [6, 6.07) is 26.8. The van der Waals surface area contributed by atoms with E-state index in [1.165, 1.54) is 16.3 Å². The van der Waals surface area contributed by atoms with E-state index in [-0.39, 0.29) is 0 Å². The van der Waals surface area contributed by atoms with Crippen molar-refractivity contribution >= 4 is 27.8 Å². The van der Waals surface area contributed by atoms with Crippen molar-refractivity contribution in [2.24, 2.45) is 0 Å². The number of fused-ring (bicyclic) bond motifs is 2. The molecule has 4 aromatic rings. The first-order valence-corrected chi connectivity index (χ1v) is 7.33. The highest BCUT2D eigenvalue weighted by atomic mass is 16.1. The van der Waals surface area contributed by atoms with E-state index in [0.29, 0.717) is 0 Å². The molecule has 0 heterocycles. The summed E-state index contributed by atoms with van der Waals surface area (Å²) in [5.41, 5.74) is 3.10. The van der Waals surface area contributed by atoms with Gasteiger partial charge in [0, 0.05) is 5.56 Å². The first-order chi connectivity index (χ1) is 10.9. The van der Waals surface area contributed by atoms with Gasteiger partial charge < -0.3 is 0 Å². The van der Waals surface area contributed by atoms with Gasteiger partial charge in [0.05, 0.1) is 0 Å². The van der Waals surface area contributed by atoms with Gasteiger partial charge in [-0.1, -0.05) is 78.9 Å². The lowest BCUT2D eigenvalue weighted by Crippen LogP contribution is -1.88. The van der Waals surface area contributed by atoms with Crippen molar-refractivity contribution in [3.05, 3.63) is 84.4 Å². The van der Waals surface area contributed by atoms with Crippen molar-refractivity contribution in [3.8, 4) is 11.1 Å². The second-order valence-corrected chi connectivity index (χ2v) is 5.39. The molecule has 104 valence electrons. The van der Waals surface area contributed by atoms with Crippen molar-refractivity contribution in [3.63, 3.8) is 0 Å². The summed E-state index contributed by atoms with van der Waals surface area (Å²) in [5, 5.41) is 4.57.